The molecule has 0 spiro atoms. The number of hydrogen-bond donors (Lipinski definition) is 0. The first-order valence-corrected chi connectivity index (χ1v) is 15.9. The van der Waals surface area contributed by atoms with Crippen LogP contribution in [0.25, 0.3) is 43.8 Å². The van der Waals surface area contributed by atoms with E-state index in [1.54, 1.807) is 0 Å². The van der Waals surface area contributed by atoms with Gasteiger partial charge in [-0.3, -0.25) is 0 Å². The molecular weight excluding hydrogens is 564 g/mol. The van der Waals surface area contributed by atoms with Crippen molar-refractivity contribution in [2.24, 2.45) is 0 Å². The fourth-order valence-corrected chi connectivity index (χ4v) is 6.40. The first-order chi connectivity index (χ1) is 20.8. The number of rotatable bonds is 6. The van der Waals surface area contributed by atoms with Crippen molar-refractivity contribution in [1.29, 1.82) is 0 Å². The van der Waals surface area contributed by atoms with Gasteiger partial charge in [0.2, 0.25) is 0 Å². The van der Waals surface area contributed by atoms with Gasteiger partial charge in [0, 0.05) is 0 Å². The zero-order chi connectivity index (χ0) is 31.0. The van der Waals surface area contributed by atoms with Crippen LogP contribution in [0.4, 0.5) is 0 Å². The molecule has 6 aromatic carbocycles. The van der Waals surface area contributed by atoms with Crippen LogP contribution in [0.5, 0.6) is 0 Å². The smallest absolute Gasteiger partial charge is 0.343 e. The van der Waals surface area contributed by atoms with E-state index in [-0.39, 0.29) is 27.1 Å². The maximum Gasteiger partial charge on any atom is 4.00 e. The molecule has 0 heterocycles. The summed E-state index contributed by atoms with van der Waals surface area (Å²) < 4.78 is 0. The second-order valence-electron chi connectivity index (χ2n) is 12.0. The van der Waals surface area contributed by atoms with Crippen molar-refractivity contribution in [2.45, 2.75) is 72.6 Å². The molecule has 224 valence electrons. The molecule has 0 atom stereocenters. The molecule has 0 aromatic heterocycles. The van der Waals surface area contributed by atoms with Gasteiger partial charge in [0.15, 0.2) is 0 Å². The van der Waals surface area contributed by atoms with Gasteiger partial charge in [-0.1, -0.05) is 144 Å². The number of aryl methyl sites for hydroxylation is 2. The summed E-state index contributed by atoms with van der Waals surface area (Å²) in [6.07, 6.45) is 4.56. The second kappa shape index (κ2) is 16.2. The minimum absolute atomic E-state index is 0. The molecule has 0 fully saturated rings. The van der Waals surface area contributed by atoms with E-state index in [1.807, 2.05) is 0 Å². The van der Waals surface area contributed by atoms with Gasteiger partial charge in [-0.15, -0.1) is 80.2 Å². The quantitative estimate of drug-likeness (QED) is 0.130. The summed E-state index contributed by atoms with van der Waals surface area (Å²) in [6.45, 7) is 20.8. The molecule has 1 heteroatoms. The van der Waals surface area contributed by atoms with Crippen LogP contribution in [0.3, 0.4) is 0 Å². The first kappa shape index (κ1) is 35.3. The van der Waals surface area contributed by atoms with Crippen LogP contribution in [0.15, 0.2) is 109 Å². The van der Waals surface area contributed by atoms with Crippen LogP contribution < -0.4 is 0 Å². The minimum Gasteiger partial charge on any atom is -0.343 e. The maximum absolute atomic E-state index is 3.60. The van der Waals surface area contributed by atoms with E-state index in [4.69, 9.17) is 0 Å². The van der Waals surface area contributed by atoms with E-state index < -0.39 is 0 Å². The van der Waals surface area contributed by atoms with Crippen molar-refractivity contribution in [3.05, 3.63) is 145 Å². The van der Waals surface area contributed by atoms with Crippen molar-refractivity contribution < 1.29 is 21.7 Å². The Balaban J connectivity index is 0.000000528. The summed E-state index contributed by atoms with van der Waals surface area (Å²) in [5.41, 5.74) is 10.6. The van der Waals surface area contributed by atoms with Gasteiger partial charge in [0.25, 0.3) is 0 Å². The monoisotopic (exact) mass is 612 g/mol. The first-order valence-electron chi connectivity index (χ1n) is 15.9. The topological polar surface area (TPSA) is 0 Å². The van der Waals surface area contributed by atoms with Crippen molar-refractivity contribution in [2.75, 3.05) is 0 Å². The van der Waals surface area contributed by atoms with Crippen LogP contribution >= 0.6 is 0 Å². The summed E-state index contributed by atoms with van der Waals surface area (Å²) in [5, 5.41) is 5.41. The largest absolute Gasteiger partial charge is 4.00 e. The van der Waals surface area contributed by atoms with Crippen molar-refractivity contribution in [1.82, 2.24) is 0 Å². The average Bonchev–Trinajstić information content (AvgIpc) is 3.58. The number of unbranched alkanes of at least 4 members (excludes halogenated alkanes) is 2. The van der Waals surface area contributed by atoms with E-state index in [9.17, 15) is 0 Å². The zero-order valence-corrected chi connectivity index (χ0v) is 29.2. The molecule has 0 aliphatic carbocycles. The van der Waals surface area contributed by atoms with E-state index >= 15 is 0 Å². The molecule has 0 saturated carbocycles. The predicted molar refractivity (Wildman–Crippen MR) is 192 cm³/mol. The SMILES string of the molecule is Cc1[cH-]c2cccc(-c3ccccc3)c2c1C(C)(C)c1c(C)[cH-]c2cccc(-c3ccccc3)c12.[CH2-]CCC.[CH2-]CCC.[Ti+4]. The van der Waals surface area contributed by atoms with Crippen molar-refractivity contribution in [3.8, 4) is 22.3 Å². The summed E-state index contributed by atoms with van der Waals surface area (Å²) in [4.78, 5) is 0. The number of hydrogen-bond acceptors (Lipinski definition) is 0. The van der Waals surface area contributed by atoms with Crippen LogP contribution in [0, 0.1) is 27.7 Å². The van der Waals surface area contributed by atoms with E-state index in [2.05, 4.69) is 165 Å². The molecule has 0 radical (unpaired) electrons. The van der Waals surface area contributed by atoms with Crippen LogP contribution in [-0.4, -0.2) is 0 Å². The van der Waals surface area contributed by atoms with Gasteiger partial charge in [0.05, 0.1) is 0 Å². The number of fused-ring (bicyclic) bond motifs is 2. The van der Waals surface area contributed by atoms with Gasteiger partial charge >= 0.3 is 21.7 Å². The van der Waals surface area contributed by atoms with Gasteiger partial charge in [-0.25, -0.2) is 0 Å². The summed E-state index contributed by atoms with van der Waals surface area (Å²) in [6, 6.07) is 39.8. The van der Waals surface area contributed by atoms with Crippen molar-refractivity contribution >= 4 is 21.5 Å². The fraction of sp³-hybridized carbons (Fsp3) is 0.256. The number of benzene rings is 4. The molecule has 0 amide bonds. The third kappa shape index (κ3) is 7.36. The third-order valence-corrected chi connectivity index (χ3v) is 8.35. The van der Waals surface area contributed by atoms with Gasteiger partial charge in [-0.05, 0) is 11.1 Å². The zero-order valence-electron chi connectivity index (χ0n) is 27.6. The van der Waals surface area contributed by atoms with E-state index in [0.717, 1.165) is 12.8 Å². The van der Waals surface area contributed by atoms with Crippen LogP contribution in [-0.2, 0) is 27.1 Å². The predicted octanol–water partition coefficient (Wildman–Crippen LogP) is 12.9. The van der Waals surface area contributed by atoms with Gasteiger partial charge < -0.3 is 13.8 Å². The van der Waals surface area contributed by atoms with E-state index in [0.29, 0.717) is 0 Å². The Hall–Kier alpha value is -3.19. The molecule has 0 saturated heterocycles. The maximum atomic E-state index is 3.60. The fourth-order valence-electron chi connectivity index (χ4n) is 6.40. The van der Waals surface area contributed by atoms with Crippen LogP contribution in [0.1, 0.15) is 75.6 Å². The Morgan fingerprint density at radius 2 is 0.886 bits per heavy atom. The molecule has 0 aliphatic heterocycles. The Morgan fingerprint density at radius 3 is 1.20 bits per heavy atom. The summed E-state index contributed by atoms with van der Waals surface area (Å²) in [5.74, 6) is 0. The Kier molecular flexibility index (Phi) is 13.0. The average molecular weight is 613 g/mol. The normalized spacial score (nSPS) is 10.9. The van der Waals surface area contributed by atoms with Gasteiger partial charge in [0.1, 0.15) is 0 Å². The second-order valence-corrected chi connectivity index (χ2v) is 12.0. The van der Waals surface area contributed by atoms with Crippen molar-refractivity contribution in [3.63, 3.8) is 0 Å². The molecule has 6 aromatic rings. The molecule has 0 unspecified atom stereocenters. The molecule has 0 bridgehead atoms. The van der Waals surface area contributed by atoms with Gasteiger partial charge in [-0.2, -0.15) is 12.8 Å². The standard InChI is InChI=1S/C35H30.2C4H9.Ti/c1-23-21-27-17-11-19-29(25-13-7-5-8-14-25)31(27)33(23)35(3,4)34-24(2)22-28-18-12-20-30(32(28)34)26-15-9-6-10-16-26;2*1-3-4-2;/h5-22H,1-4H3;2*1,3-4H2,2H3;/q-2;2*-1;+4. The Bertz CT molecular complexity index is 1600. The molecule has 6 rings (SSSR count). The Labute approximate surface area is 282 Å². The van der Waals surface area contributed by atoms with Crippen LogP contribution in [0.2, 0.25) is 0 Å². The summed E-state index contributed by atoms with van der Waals surface area (Å²) in [7, 11) is 0. The molecule has 0 nitrogen and oxygen atoms in total. The molecule has 0 N–H and O–H groups in total. The third-order valence-electron chi connectivity index (χ3n) is 8.35. The molecule has 0 aliphatic rings. The summed E-state index contributed by atoms with van der Waals surface area (Å²) >= 11 is 0. The molecule has 44 heavy (non-hydrogen) atoms. The molecular formula is C43H48Ti. The minimum atomic E-state index is -0.173. The van der Waals surface area contributed by atoms with E-state index in [1.165, 1.54) is 78.9 Å². The Morgan fingerprint density at radius 1 is 0.545 bits per heavy atom.